The lowest BCUT2D eigenvalue weighted by Gasteiger charge is -2.34. The van der Waals surface area contributed by atoms with E-state index < -0.39 is 0 Å². The van der Waals surface area contributed by atoms with Gasteiger partial charge >= 0.3 is 0 Å². The van der Waals surface area contributed by atoms with Gasteiger partial charge in [-0.3, -0.25) is 4.79 Å². The molecule has 1 unspecified atom stereocenters. The number of allylic oxidation sites excluding steroid dienone is 2. The van der Waals surface area contributed by atoms with Crippen LogP contribution >= 0.6 is 22.6 Å². The summed E-state index contributed by atoms with van der Waals surface area (Å²) in [6.45, 7) is 0. The maximum Gasteiger partial charge on any atom is 0.171 e. The number of hydrogen-bond donors (Lipinski definition) is 2. The van der Waals surface area contributed by atoms with Gasteiger partial charge < -0.3 is 24.6 Å². The van der Waals surface area contributed by atoms with Gasteiger partial charge in [-0.15, -0.1) is 0 Å². The number of aromatic hydroxyl groups is 1. The molecule has 152 valence electrons. The minimum absolute atomic E-state index is 0.0995. The second-order valence-corrected chi connectivity index (χ2v) is 8.24. The number of phenols is 1. The van der Waals surface area contributed by atoms with E-state index in [4.69, 9.17) is 14.2 Å². The smallest absolute Gasteiger partial charge is 0.171 e. The summed E-state index contributed by atoms with van der Waals surface area (Å²) in [7, 11) is 4.72. The van der Waals surface area contributed by atoms with Crippen LogP contribution in [0.4, 0.5) is 5.69 Å². The van der Waals surface area contributed by atoms with E-state index in [-0.39, 0.29) is 17.5 Å². The van der Waals surface area contributed by atoms with Crippen LogP contribution < -0.4 is 19.5 Å². The molecule has 6 nitrogen and oxygen atoms in total. The highest BCUT2D eigenvalue weighted by Gasteiger charge is 2.36. The topological polar surface area (TPSA) is 77.0 Å². The van der Waals surface area contributed by atoms with Gasteiger partial charge in [0.2, 0.25) is 0 Å². The molecule has 2 aromatic carbocycles. The molecule has 0 fully saturated rings. The number of phenolic OH excluding ortho intramolecular Hbond substituents is 1. The Kier molecular flexibility index (Phi) is 5.33. The molecule has 0 saturated heterocycles. The van der Waals surface area contributed by atoms with Crippen LogP contribution in [-0.4, -0.2) is 32.2 Å². The van der Waals surface area contributed by atoms with Gasteiger partial charge in [-0.2, -0.15) is 0 Å². The Hall–Kier alpha value is -2.42. The molecule has 4 rings (SSSR count). The van der Waals surface area contributed by atoms with Gasteiger partial charge in [-0.05, 0) is 64.8 Å². The predicted octanol–water partition coefficient (Wildman–Crippen LogP) is 4.59. The van der Waals surface area contributed by atoms with Crippen molar-refractivity contribution in [3.05, 3.63) is 50.2 Å². The molecule has 2 aliphatic rings. The Morgan fingerprint density at radius 3 is 2.38 bits per heavy atom. The molecule has 1 atom stereocenters. The van der Waals surface area contributed by atoms with Crippen LogP contribution in [0.5, 0.6) is 23.0 Å². The number of fused-ring (bicyclic) bond motifs is 1. The van der Waals surface area contributed by atoms with Gasteiger partial charge in [0.25, 0.3) is 0 Å². The molecular formula is C22H22INO5. The molecule has 0 saturated carbocycles. The van der Waals surface area contributed by atoms with Crippen molar-refractivity contribution in [2.45, 2.75) is 25.2 Å². The summed E-state index contributed by atoms with van der Waals surface area (Å²) >= 11 is 2.08. The van der Waals surface area contributed by atoms with Crippen LogP contribution in [0.2, 0.25) is 0 Å². The van der Waals surface area contributed by atoms with E-state index in [0.29, 0.717) is 27.2 Å². The molecule has 1 heterocycles. The Morgan fingerprint density at radius 2 is 1.69 bits per heavy atom. The lowest BCUT2D eigenvalue weighted by molar-refractivity contribution is -0.116. The van der Waals surface area contributed by atoms with Crippen molar-refractivity contribution in [2.24, 2.45) is 0 Å². The molecule has 29 heavy (non-hydrogen) atoms. The maximum atomic E-state index is 13.0. The summed E-state index contributed by atoms with van der Waals surface area (Å²) in [5, 5.41) is 13.7. The van der Waals surface area contributed by atoms with Crippen molar-refractivity contribution in [3.63, 3.8) is 0 Å². The highest BCUT2D eigenvalue weighted by atomic mass is 127. The van der Waals surface area contributed by atoms with E-state index >= 15 is 0 Å². The summed E-state index contributed by atoms with van der Waals surface area (Å²) in [5.41, 5.74) is 4.44. The first-order valence-electron chi connectivity index (χ1n) is 9.34. The highest BCUT2D eigenvalue weighted by molar-refractivity contribution is 14.1. The van der Waals surface area contributed by atoms with Crippen molar-refractivity contribution in [1.29, 1.82) is 0 Å². The Bertz CT molecular complexity index is 1030. The molecule has 0 aromatic heterocycles. The molecule has 0 amide bonds. The van der Waals surface area contributed by atoms with E-state index in [9.17, 15) is 9.90 Å². The van der Waals surface area contributed by atoms with Crippen molar-refractivity contribution >= 4 is 34.1 Å². The predicted molar refractivity (Wildman–Crippen MR) is 118 cm³/mol. The van der Waals surface area contributed by atoms with Crippen molar-refractivity contribution < 1.29 is 24.1 Å². The van der Waals surface area contributed by atoms with Gasteiger partial charge in [-0.1, -0.05) is 0 Å². The molecule has 2 aromatic rings. The molecule has 2 N–H and O–H groups in total. The fourth-order valence-electron chi connectivity index (χ4n) is 4.15. The lowest BCUT2D eigenvalue weighted by atomic mass is 9.75. The zero-order chi connectivity index (χ0) is 20.7. The summed E-state index contributed by atoms with van der Waals surface area (Å²) in [6, 6.07) is 7.54. The quantitative estimate of drug-likeness (QED) is 0.590. The minimum Gasteiger partial charge on any atom is -0.504 e. The van der Waals surface area contributed by atoms with Gasteiger partial charge in [0.15, 0.2) is 28.8 Å². The third-order valence-corrected chi connectivity index (χ3v) is 6.32. The number of hydrogen-bond acceptors (Lipinski definition) is 6. The van der Waals surface area contributed by atoms with Gasteiger partial charge in [-0.25, -0.2) is 0 Å². The zero-order valence-electron chi connectivity index (χ0n) is 16.5. The lowest BCUT2D eigenvalue weighted by Crippen LogP contribution is -2.27. The van der Waals surface area contributed by atoms with E-state index in [0.717, 1.165) is 40.9 Å². The van der Waals surface area contributed by atoms with E-state index in [1.165, 1.54) is 7.11 Å². The first-order valence-corrected chi connectivity index (χ1v) is 10.4. The summed E-state index contributed by atoms with van der Waals surface area (Å²) in [5.74, 6) is 1.58. The number of carbonyl (C=O) groups excluding carboxylic acids is 1. The first-order chi connectivity index (χ1) is 14.0. The molecule has 7 heteroatoms. The minimum atomic E-state index is -0.281. The largest absolute Gasteiger partial charge is 0.504 e. The normalized spacial score (nSPS) is 17.9. The average molecular weight is 507 g/mol. The van der Waals surface area contributed by atoms with E-state index in [2.05, 4.69) is 27.9 Å². The van der Waals surface area contributed by atoms with Crippen molar-refractivity contribution in [2.75, 3.05) is 26.6 Å². The van der Waals surface area contributed by atoms with Crippen LogP contribution in [0.3, 0.4) is 0 Å². The molecular weight excluding hydrogens is 485 g/mol. The van der Waals surface area contributed by atoms with Gasteiger partial charge in [0.05, 0.1) is 24.9 Å². The zero-order valence-corrected chi connectivity index (χ0v) is 18.6. The number of rotatable bonds is 4. The molecule has 1 aliphatic heterocycles. The Balaban J connectivity index is 1.99. The second kappa shape index (κ2) is 7.78. The third kappa shape index (κ3) is 3.31. The summed E-state index contributed by atoms with van der Waals surface area (Å²) in [4.78, 5) is 13.0. The molecule has 0 radical (unpaired) electrons. The fraction of sp³-hybridized carbons (Fsp3) is 0.318. The first kappa shape index (κ1) is 19.9. The summed E-state index contributed by atoms with van der Waals surface area (Å²) < 4.78 is 17.0. The van der Waals surface area contributed by atoms with Crippen molar-refractivity contribution in [1.82, 2.24) is 0 Å². The molecule has 1 aliphatic carbocycles. The second-order valence-electron chi connectivity index (χ2n) is 7.08. The van der Waals surface area contributed by atoms with Crippen molar-refractivity contribution in [3.8, 4) is 23.0 Å². The number of Topliss-reactive ketones (excluding diaryl/α,β-unsaturated/α-hetero) is 1. The van der Waals surface area contributed by atoms with Gasteiger partial charge in [0, 0.05) is 35.4 Å². The average Bonchev–Trinajstić information content (AvgIpc) is 2.73. The number of halogens is 1. The van der Waals surface area contributed by atoms with Crippen LogP contribution in [-0.2, 0) is 4.79 Å². The summed E-state index contributed by atoms with van der Waals surface area (Å²) in [6.07, 6.45) is 2.18. The maximum absolute atomic E-state index is 13.0. The number of nitrogens with one attached hydrogen (secondary N) is 1. The van der Waals surface area contributed by atoms with Crippen LogP contribution in [0.25, 0.3) is 0 Å². The number of ether oxygens (including phenoxy) is 3. The van der Waals surface area contributed by atoms with E-state index in [1.807, 2.05) is 18.2 Å². The fourth-order valence-corrected chi connectivity index (χ4v) is 4.78. The number of benzene rings is 2. The SMILES string of the molecule is COc1cc2c(cc1OC)C(c1cc(I)c(O)c(OC)c1)C1=C(CCCC1=O)N2. The van der Waals surface area contributed by atoms with Gasteiger partial charge in [0.1, 0.15) is 0 Å². The third-order valence-electron chi connectivity index (χ3n) is 5.50. The monoisotopic (exact) mass is 507 g/mol. The van der Waals surface area contributed by atoms with Crippen LogP contribution in [0.15, 0.2) is 35.5 Å². The Labute approximate surface area is 183 Å². The molecule has 0 bridgehead atoms. The number of methoxy groups -OCH3 is 3. The van der Waals surface area contributed by atoms with Crippen LogP contribution in [0.1, 0.15) is 36.3 Å². The molecule has 0 spiro atoms. The van der Waals surface area contributed by atoms with E-state index in [1.54, 1.807) is 20.3 Å². The number of carbonyl (C=O) groups is 1. The number of ketones is 1. The Morgan fingerprint density at radius 1 is 1.00 bits per heavy atom. The highest BCUT2D eigenvalue weighted by Crippen LogP contribution is 2.50. The number of anilines is 1. The van der Waals surface area contributed by atoms with Crippen LogP contribution in [0, 0.1) is 3.57 Å². The standard InChI is InChI=1S/C22H22INO5/c1-27-17-9-12-15(10-18(17)28-2)24-14-5-4-6-16(25)21(14)20(12)11-7-13(23)22(26)19(8-11)29-3/h7-10,20,24,26H,4-6H2,1-3H3.